The summed E-state index contributed by atoms with van der Waals surface area (Å²) in [6, 6.07) is 0.701. The Kier molecular flexibility index (Phi) is 3.89. The van der Waals surface area contributed by atoms with Gasteiger partial charge in [0, 0.05) is 18.0 Å². The molecule has 5 nitrogen and oxygen atoms in total. The molecule has 0 spiro atoms. The fourth-order valence-electron chi connectivity index (χ4n) is 1.29. The molecule has 18 heavy (non-hydrogen) atoms. The fraction of sp³-hybridized carbons (Fsp3) is 0.300. The van der Waals surface area contributed by atoms with Crippen LogP contribution in [0.25, 0.3) is 0 Å². The van der Waals surface area contributed by atoms with Gasteiger partial charge in [0.25, 0.3) is 0 Å². The Balaban J connectivity index is 3.23. The van der Waals surface area contributed by atoms with E-state index in [0.717, 1.165) is 12.4 Å². The Hall–Kier alpha value is -2.12. The molecule has 0 fully saturated rings. The van der Waals surface area contributed by atoms with Gasteiger partial charge < -0.3 is 10.9 Å². The molecule has 0 bridgehead atoms. The van der Waals surface area contributed by atoms with Crippen LogP contribution in [0.5, 0.6) is 0 Å². The van der Waals surface area contributed by atoms with Crippen molar-refractivity contribution in [2.24, 2.45) is 16.8 Å². The van der Waals surface area contributed by atoms with E-state index in [2.05, 4.69) is 10.1 Å². The second-order valence-electron chi connectivity index (χ2n) is 3.53. The quantitative estimate of drug-likeness (QED) is 0.285. The molecule has 0 saturated heterocycles. The molecule has 1 atom stereocenters. The minimum atomic E-state index is -4.67. The molecule has 0 amide bonds. The summed E-state index contributed by atoms with van der Waals surface area (Å²) < 4.78 is 38.0. The van der Waals surface area contributed by atoms with Crippen molar-refractivity contribution in [2.75, 3.05) is 0 Å². The molecule has 3 N–H and O–H groups in total. The van der Waals surface area contributed by atoms with Gasteiger partial charge in [0.05, 0.1) is 11.5 Å². The molecule has 1 aromatic rings. The first-order chi connectivity index (χ1) is 8.29. The lowest BCUT2D eigenvalue weighted by Crippen LogP contribution is -2.29. The highest BCUT2D eigenvalue weighted by Gasteiger charge is 2.36. The van der Waals surface area contributed by atoms with E-state index in [1.165, 1.54) is 6.92 Å². The van der Waals surface area contributed by atoms with Gasteiger partial charge in [-0.3, -0.25) is 9.78 Å². The van der Waals surface area contributed by atoms with Crippen LogP contribution in [0.3, 0.4) is 0 Å². The van der Waals surface area contributed by atoms with Crippen LogP contribution in [-0.2, 0) is 6.18 Å². The number of carbonyl (C=O) groups excluding carboxylic acids is 1. The summed E-state index contributed by atoms with van der Waals surface area (Å²) in [5.41, 5.74) is 3.49. The second kappa shape index (κ2) is 5.03. The number of amidine groups is 1. The third kappa shape index (κ3) is 2.76. The highest BCUT2D eigenvalue weighted by atomic mass is 19.4. The molecule has 0 radical (unpaired) electrons. The second-order valence-corrected chi connectivity index (χ2v) is 3.53. The summed E-state index contributed by atoms with van der Waals surface area (Å²) in [5.74, 6) is -2.54. The zero-order valence-corrected chi connectivity index (χ0v) is 9.27. The zero-order chi connectivity index (χ0) is 13.9. The van der Waals surface area contributed by atoms with E-state index in [4.69, 9.17) is 10.9 Å². The maximum absolute atomic E-state index is 12.7. The van der Waals surface area contributed by atoms with Crippen LogP contribution in [0, 0.1) is 5.92 Å². The first kappa shape index (κ1) is 13.9. The first-order valence-corrected chi connectivity index (χ1v) is 4.82. The topological polar surface area (TPSA) is 88.6 Å². The van der Waals surface area contributed by atoms with Gasteiger partial charge in [-0.05, 0) is 13.0 Å². The van der Waals surface area contributed by atoms with Gasteiger partial charge in [-0.25, -0.2) is 0 Å². The van der Waals surface area contributed by atoms with Crippen LogP contribution in [0.4, 0.5) is 13.2 Å². The van der Waals surface area contributed by atoms with E-state index < -0.39 is 34.8 Å². The number of rotatable bonds is 3. The number of nitrogens with zero attached hydrogens (tertiary/aromatic N) is 2. The van der Waals surface area contributed by atoms with Gasteiger partial charge in [0.1, 0.15) is 5.84 Å². The Morgan fingerprint density at radius 2 is 2.17 bits per heavy atom. The number of Topliss-reactive ketones (excluding diaryl/α,β-unsaturated/α-hetero) is 1. The third-order valence-electron chi connectivity index (χ3n) is 2.34. The number of hydrogen-bond acceptors (Lipinski definition) is 4. The molecule has 0 aliphatic heterocycles. The van der Waals surface area contributed by atoms with E-state index in [0.29, 0.717) is 6.07 Å². The highest BCUT2D eigenvalue weighted by molar-refractivity contribution is 6.11. The lowest BCUT2D eigenvalue weighted by Gasteiger charge is -2.14. The van der Waals surface area contributed by atoms with Crippen molar-refractivity contribution in [3.05, 3.63) is 29.6 Å². The van der Waals surface area contributed by atoms with Crippen molar-refractivity contribution in [1.29, 1.82) is 0 Å². The Bertz CT molecular complexity index is 486. The number of aromatic nitrogens is 1. The number of nitrogens with two attached hydrogens (primary N) is 1. The number of hydrogen-bond donors (Lipinski definition) is 2. The summed E-state index contributed by atoms with van der Waals surface area (Å²) in [6.45, 7) is 1.24. The molecule has 0 saturated carbocycles. The largest absolute Gasteiger partial charge is 0.417 e. The van der Waals surface area contributed by atoms with Crippen LogP contribution in [-0.4, -0.2) is 21.8 Å². The van der Waals surface area contributed by atoms with Crippen LogP contribution >= 0.6 is 0 Å². The van der Waals surface area contributed by atoms with Crippen molar-refractivity contribution in [1.82, 2.24) is 4.98 Å². The summed E-state index contributed by atoms with van der Waals surface area (Å²) >= 11 is 0. The van der Waals surface area contributed by atoms with Crippen molar-refractivity contribution < 1.29 is 23.2 Å². The molecule has 8 heteroatoms. The van der Waals surface area contributed by atoms with Crippen molar-refractivity contribution >= 4 is 11.6 Å². The number of ketones is 1. The van der Waals surface area contributed by atoms with Gasteiger partial charge in [0.2, 0.25) is 0 Å². The Morgan fingerprint density at radius 3 is 2.67 bits per heavy atom. The predicted octanol–water partition coefficient (Wildman–Crippen LogP) is 1.67. The number of carbonyl (C=O) groups is 1. The summed E-state index contributed by atoms with van der Waals surface area (Å²) in [4.78, 5) is 15.3. The number of halogens is 3. The van der Waals surface area contributed by atoms with E-state index in [1.807, 2.05) is 0 Å². The minimum absolute atomic E-state index is 0.461. The predicted molar refractivity (Wildman–Crippen MR) is 56.1 cm³/mol. The molecule has 0 aliphatic rings. The minimum Gasteiger partial charge on any atom is -0.409 e. The number of alkyl halides is 3. The maximum atomic E-state index is 12.7. The summed E-state index contributed by atoms with van der Waals surface area (Å²) in [6.07, 6.45) is -2.92. The van der Waals surface area contributed by atoms with Gasteiger partial charge in [-0.15, -0.1) is 0 Å². The van der Waals surface area contributed by atoms with E-state index in [9.17, 15) is 18.0 Å². The molecule has 98 valence electrons. The van der Waals surface area contributed by atoms with E-state index >= 15 is 0 Å². The normalized spacial score (nSPS) is 14.3. The van der Waals surface area contributed by atoms with Gasteiger partial charge in [-0.1, -0.05) is 5.16 Å². The lowest BCUT2D eigenvalue weighted by atomic mass is 9.96. The van der Waals surface area contributed by atoms with E-state index in [-0.39, 0.29) is 0 Å². The molecule has 0 aromatic carbocycles. The van der Waals surface area contributed by atoms with Gasteiger partial charge >= 0.3 is 6.18 Å². The molecular formula is C10H10F3N3O2. The zero-order valence-electron chi connectivity index (χ0n) is 9.27. The SMILES string of the molecule is CC(C(=O)c1cnccc1C(F)(F)F)C(N)=NO. The monoisotopic (exact) mass is 261 g/mol. The van der Waals surface area contributed by atoms with E-state index in [1.54, 1.807) is 0 Å². The Labute approximate surface area is 100 Å². The molecule has 1 unspecified atom stereocenters. The molecule has 1 rings (SSSR count). The summed E-state index contributed by atoms with van der Waals surface area (Å²) in [7, 11) is 0. The van der Waals surface area contributed by atoms with Gasteiger partial charge in [-0.2, -0.15) is 13.2 Å². The molecule has 1 heterocycles. The third-order valence-corrected chi connectivity index (χ3v) is 2.34. The Morgan fingerprint density at radius 1 is 1.56 bits per heavy atom. The van der Waals surface area contributed by atoms with Crippen LogP contribution in [0.1, 0.15) is 22.8 Å². The molecule has 0 aliphatic carbocycles. The average molecular weight is 261 g/mol. The van der Waals surface area contributed by atoms with Crippen molar-refractivity contribution in [3.8, 4) is 0 Å². The van der Waals surface area contributed by atoms with Gasteiger partial charge in [0.15, 0.2) is 5.78 Å². The molecular weight excluding hydrogens is 251 g/mol. The number of pyridine rings is 1. The average Bonchev–Trinajstić information content (AvgIpc) is 2.35. The number of oxime groups is 1. The highest BCUT2D eigenvalue weighted by Crippen LogP contribution is 2.32. The first-order valence-electron chi connectivity index (χ1n) is 4.82. The fourth-order valence-corrected chi connectivity index (χ4v) is 1.29. The summed E-state index contributed by atoms with van der Waals surface area (Å²) in [5, 5.41) is 11.0. The van der Waals surface area contributed by atoms with Crippen molar-refractivity contribution in [3.63, 3.8) is 0 Å². The lowest BCUT2D eigenvalue weighted by molar-refractivity contribution is -0.138. The van der Waals surface area contributed by atoms with Crippen LogP contribution in [0.2, 0.25) is 0 Å². The maximum Gasteiger partial charge on any atom is 0.417 e. The van der Waals surface area contributed by atoms with Crippen molar-refractivity contribution in [2.45, 2.75) is 13.1 Å². The smallest absolute Gasteiger partial charge is 0.409 e. The van der Waals surface area contributed by atoms with Crippen LogP contribution in [0.15, 0.2) is 23.6 Å². The van der Waals surface area contributed by atoms with Crippen LogP contribution < -0.4 is 5.73 Å². The standard InChI is InChI=1S/C10H10F3N3O2/c1-5(9(14)16-18)8(17)6-4-15-3-2-7(6)10(11,12)13/h2-5,18H,1H3,(H2,14,16). The molecule has 1 aromatic heterocycles.